The minimum absolute atomic E-state index is 0.146. The van der Waals surface area contributed by atoms with Gasteiger partial charge in [0.1, 0.15) is 17.9 Å². The van der Waals surface area contributed by atoms with Gasteiger partial charge in [-0.15, -0.1) is 0 Å². The number of carboxylic acid groups (broad SMARTS) is 1. The Hall–Kier alpha value is -2.78. The van der Waals surface area contributed by atoms with E-state index in [1.165, 1.54) is 0 Å². The van der Waals surface area contributed by atoms with Gasteiger partial charge in [-0.3, -0.25) is 0 Å². The van der Waals surface area contributed by atoms with Crippen molar-refractivity contribution < 1.29 is 14.6 Å². The number of halogens is 1. The first-order valence-electron chi connectivity index (χ1n) is 7.84. The van der Waals surface area contributed by atoms with Crippen molar-refractivity contribution in [3.63, 3.8) is 0 Å². The van der Waals surface area contributed by atoms with Crippen molar-refractivity contribution in [3.05, 3.63) is 88.4 Å². The van der Waals surface area contributed by atoms with Gasteiger partial charge in [-0.1, -0.05) is 59.6 Å². The normalized spacial score (nSPS) is 10.5. The first-order valence-corrected chi connectivity index (χ1v) is 8.22. The molecule has 0 saturated heterocycles. The average Bonchev–Trinajstić information content (AvgIpc) is 2.61. The molecule has 0 atom stereocenters. The summed E-state index contributed by atoms with van der Waals surface area (Å²) < 4.78 is 5.72. The molecule has 0 bridgehead atoms. The number of ether oxygens (including phenoxy) is 1. The Kier molecular flexibility index (Phi) is 5.05. The molecule has 3 aromatic rings. The first-order chi connectivity index (χ1) is 12.0. The van der Waals surface area contributed by atoms with Crippen molar-refractivity contribution >= 4 is 17.6 Å². The van der Waals surface area contributed by atoms with E-state index < -0.39 is 5.97 Å². The molecule has 3 aromatic carbocycles. The molecule has 126 valence electrons. The van der Waals surface area contributed by atoms with E-state index in [1.54, 1.807) is 24.3 Å². The number of carboxylic acids is 1. The van der Waals surface area contributed by atoms with E-state index in [-0.39, 0.29) is 12.2 Å². The molecule has 0 aliphatic carbocycles. The summed E-state index contributed by atoms with van der Waals surface area (Å²) in [6.45, 7) is 2.28. The molecule has 0 aromatic heterocycles. The van der Waals surface area contributed by atoms with Crippen LogP contribution >= 0.6 is 11.6 Å². The van der Waals surface area contributed by atoms with E-state index in [0.717, 1.165) is 22.3 Å². The Morgan fingerprint density at radius 3 is 2.40 bits per heavy atom. The summed E-state index contributed by atoms with van der Waals surface area (Å²) in [7, 11) is 0. The maximum absolute atomic E-state index is 11.6. The highest BCUT2D eigenvalue weighted by atomic mass is 35.5. The Morgan fingerprint density at radius 2 is 1.72 bits per heavy atom. The van der Waals surface area contributed by atoms with Crippen LogP contribution in [0.2, 0.25) is 5.02 Å². The number of hydrogen-bond acceptors (Lipinski definition) is 2. The highest BCUT2D eigenvalue weighted by Crippen LogP contribution is 2.28. The van der Waals surface area contributed by atoms with E-state index >= 15 is 0 Å². The number of aromatic carboxylic acids is 1. The molecule has 1 N–H and O–H groups in total. The fourth-order valence-electron chi connectivity index (χ4n) is 2.57. The highest BCUT2D eigenvalue weighted by molar-refractivity contribution is 6.30. The second kappa shape index (κ2) is 7.41. The molecular weight excluding hydrogens is 336 g/mol. The lowest BCUT2D eigenvalue weighted by Gasteiger charge is -2.11. The maximum Gasteiger partial charge on any atom is 0.339 e. The fourth-order valence-corrected chi connectivity index (χ4v) is 2.69. The minimum Gasteiger partial charge on any atom is -0.488 e. The smallest absolute Gasteiger partial charge is 0.339 e. The molecule has 0 amide bonds. The van der Waals surface area contributed by atoms with Crippen LogP contribution in [0.4, 0.5) is 0 Å². The van der Waals surface area contributed by atoms with Crippen molar-refractivity contribution in [3.8, 4) is 16.9 Å². The molecule has 0 saturated carbocycles. The van der Waals surface area contributed by atoms with Crippen molar-refractivity contribution in [2.45, 2.75) is 13.5 Å². The van der Waals surface area contributed by atoms with Gasteiger partial charge in [0.2, 0.25) is 0 Å². The van der Waals surface area contributed by atoms with Gasteiger partial charge in [0.05, 0.1) is 0 Å². The van der Waals surface area contributed by atoms with Crippen molar-refractivity contribution in [1.29, 1.82) is 0 Å². The van der Waals surface area contributed by atoms with Crippen LogP contribution in [0.25, 0.3) is 11.1 Å². The number of aryl methyl sites for hydroxylation is 1. The lowest BCUT2D eigenvalue weighted by molar-refractivity contribution is 0.0692. The quantitative estimate of drug-likeness (QED) is 0.650. The van der Waals surface area contributed by atoms with Crippen LogP contribution in [0.1, 0.15) is 21.5 Å². The summed E-state index contributed by atoms with van der Waals surface area (Å²) in [5.74, 6) is -0.667. The van der Waals surface area contributed by atoms with Gasteiger partial charge in [-0.2, -0.15) is 0 Å². The van der Waals surface area contributed by atoms with Crippen LogP contribution in [0.5, 0.6) is 5.75 Å². The first kappa shape index (κ1) is 17.1. The lowest BCUT2D eigenvalue weighted by Crippen LogP contribution is -2.04. The third-order valence-corrected chi connectivity index (χ3v) is 4.12. The Balaban J connectivity index is 1.86. The van der Waals surface area contributed by atoms with E-state index in [9.17, 15) is 9.90 Å². The summed E-state index contributed by atoms with van der Waals surface area (Å²) in [5, 5.41) is 10.2. The molecule has 0 aliphatic heterocycles. The SMILES string of the molecule is Cc1cccc(-c2ccc(OCc3ccc(Cl)cc3)c(C(=O)O)c2)c1. The third kappa shape index (κ3) is 4.20. The summed E-state index contributed by atoms with van der Waals surface area (Å²) in [6, 6.07) is 20.4. The monoisotopic (exact) mass is 352 g/mol. The molecule has 0 fully saturated rings. The van der Waals surface area contributed by atoms with Crippen LogP contribution in [0.15, 0.2) is 66.7 Å². The zero-order chi connectivity index (χ0) is 17.8. The van der Waals surface area contributed by atoms with E-state index in [2.05, 4.69) is 0 Å². The molecular formula is C21H17ClO3. The van der Waals surface area contributed by atoms with Crippen LogP contribution in [-0.4, -0.2) is 11.1 Å². The Labute approximate surface area is 151 Å². The predicted molar refractivity (Wildman–Crippen MR) is 99.4 cm³/mol. The van der Waals surface area contributed by atoms with Crippen LogP contribution in [-0.2, 0) is 6.61 Å². The third-order valence-electron chi connectivity index (χ3n) is 3.87. The zero-order valence-electron chi connectivity index (χ0n) is 13.7. The molecule has 0 radical (unpaired) electrons. The van der Waals surface area contributed by atoms with Crippen LogP contribution in [0.3, 0.4) is 0 Å². The summed E-state index contributed by atoms with van der Waals surface area (Å²) in [6.07, 6.45) is 0. The van der Waals surface area contributed by atoms with Gasteiger partial charge in [0, 0.05) is 5.02 Å². The van der Waals surface area contributed by atoms with Gasteiger partial charge in [-0.25, -0.2) is 4.79 Å². The maximum atomic E-state index is 11.6. The molecule has 4 heteroatoms. The van der Waals surface area contributed by atoms with Crippen molar-refractivity contribution in [2.24, 2.45) is 0 Å². The molecule has 0 unspecified atom stereocenters. The van der Waals surface area contributed by atoms with Gasteiger partial charge in [0.25, 0.3) is 0 Å². The van der Waals surface area contributed by atoms with Crippen molar-refractivity contribution in [2.75, 3.05) is 0 Å². The molecule has 0 heterocycles. The standard InChI is InChI=1S/C21H17ClO3/c1-14-3-2-4-16(11-14)17-7-10-20(19(12-17)21(23)24)25-13-15-5-8-18(22)9-6-15/h2-12H,13H2,1H3,(H,23,24). The summed E-state index contributed by atoms with van der Waals surface area (Å²) in [4.78, 5) is 11.6. The predicted octanol–water partition coefficient (Wildman–Crippen LogP) is 5.59. The summed E-state index contributed by atoms with van der Waals surface area (Å²) >= 11 is 5.86. The fraction of sp³-hybridized carbons (Fsp3) is 0.0952. The van der Waals surface area contributed by atoms with Gasteiger partial charge in [0.15, 0.2) is 0 Å². The highest BCUT2D eigenvalue weighted by Gasteiger charge is 2.13. The van der Waals surface area contributed by atoms with Crippen LogP contribution in [0, 0.1) is 6.92 Å². The lowest BCUT2D eigenvalue weighted by atomic mass is 10.0. The topological polar surface area (TPSA) is 46.5 Å². The number of carbonyl (C=O) groups is 1. The Bertz CT molecular complexity index is 901. The number of benzene rings is 3. The molecule has 3 nitrogen and oxygen atoms in total. The van der Waals surface area contributed by atoms with E-state index in [4.69, 9.17) is 16.3 Å². The largest absolute Gasteiger partial charge is 0.488 e. The van der Waals surface area contributed by atoms with Gasteiger partial charge < -0.3 is 9.84 Å². The van der Waals surface area contributed by atoms with Gasteiger partial charge in [-0.05, 0) is 47.9 Å². The molecule has 0 spiro atoms. The van der Waals surface area contributed by atoms with Crippen molar-refractivity contribution in [1.82, 2.24) is 0 Å². The zero-order valence-corrected chi connectivity index (χ0v) is 14.5. The Morgan fingerprint density at radius 1 is 1.00 bits per heavy atom. The minimum atomic E-state index is -1.01. The average molecular weight is 353 g/mol. The van der Waals surface area contributed by atoms with Crippen LogP contribution < -0.4 is 4.74 Å². The molecule has 0 aliphatic rings. The van der Waals surface area contributed by atoms with E-state index in [1.807, 2.05) is 49.4 Å². The van der Waals surface area contributed by atoms with E-state index in [0.29, 0.717) is 10.8 Å². The summed E-state index contributed by atoms with van der Waals surface area (Å²) in [5.41, 5.74) is 4.01. The van der Waals surface area contributed by atoms with Gasteiger partial charge >= 0.3 is 5.97 Å². The number of hydrogen-bond donors (Lipinski definition) is 1. The second-order valence-corrected chi connectivity index (χ2v) is 6.24. The molecule has 25 heavy (non-hydrogen) atoms. The molecule has 3 rings (SSSR count). The second-order valence-electron chi connectivity index (χ2n) is 5.80. The number of rotatable bonds is 5.